The molecule has 27 heavy (non-hydrogen) atoms. The van der Waals surface area contributed by atoms with Gasteiger partial charge in [0.15, 0.2) is 11.0 Å². The number of nitriles is 5. The van der Waals surface area contributed by atoms with Crippen LogP contribution in [0, 0.1) is 67.5 Å². The quantitative estimate of drug-likeness (QED) is 0.770. The molecule has 1 aromatic rings. The second kappa shape index (κ2) is 6.84. The zero-order valence-electron chi connectivity index (χ0n) is 14.7. The normalized spacial score (nSPS) is 24.9. The number of piperidine rings is 1. The lowest BCUT2D eigenvalue weighted by atomic mass is 9.87. The summed E-state index contributed by atoms with van der Waals surface area (Å²) in [6.45, 7) is 1.19. The van der Waals surface area contributed by atoms with Gasteiger partial charge in [-0.25, -0.2) is 0 Å². The number of benzene rings is 1. The van der Waals surface area contributed by atoms with Crippen LogP contribution in [0.3, 0.4) is 0 Å². The van der Waals surface area contributed by atoms with Crippen molar-refractivity contribution in [2.24, 2.45) is 10.8 Å². The Balaban J connectivity index is 2.29. The maximum Gasteiger partial charge on any atom is 0.177 e. The molecule has 0 N–H and O–H groups in total. The molecule has 6 nitrogen and oxygen atoms in total. The number of hydrogen-bond donors (Lipinski definition) is 0. The molecule has 0 aromatic heterocycles. The van der Waals surface area contributed by atoms with E-state index in [4.69, 9.17) is 0 Å². The Hall–Kier alpha value is -3.79. The van der Waals surface area contributed by atoms with Gasteiger partial charge in [0, 0.05) is 19.0 Å². The van der Waals surface area contributed by atoms with Crippen molar-refractivity contribution >= 4 is 0 Å². The average molecular weight is 352 g/mol. The molecule has 2 fully saturated rings. The van der Waals surface area contributed by atoms with E-state index in [1.54, 1.807) is 24.3 Å². The van der Waals surface area contributed by atoms with Crippen LogP contribution >= 0.6 is 0 Å². The first kappa shape index (κ1) is 18.0. The second-order valence-electron chi connectivity index (χ2n) is 6.79. The van der Waals surface area contributed by atoms with Gasteiger partial charge in [-0.1, -0.05) is 30.3 Å². The van der Waals surface area contributed by atoms with E-state index in [9.17, 15) is 26.3 Å². The standard InChI is InChI=1S/C21H16N6/c22-11-17(12-23)19(27-9-5-2-6-10-27)21(15-26)18(20(21,13-24)14-25)16-7-3-1-4-8-16/h1,3-4,7-8,18H,2,5-6,9-10H2/t18-,21+/m1/s1. The molecule has 0 amide bonds. The molecule has 0 unspecified atom stereocenters. The number of likely N-dealkylation sites (tertiary alicyclic amines) is 1. The topological polar surface area (TPSA) is 122 Å². The van der Waals surface area contributed by atoms with E-state index < -0.39 is 16.7 Å². The molecule has 2 atom stereocenters. The number of hydrogen-bond acceptors (Lipinski definition) is 6. The molecule has 3 rings (SSSR count). The first-order chi connectivity index (χ1) is 13.2. The summed E-state index contributed by atoms with van der Waals surface area (Å²) in [5.41, 5.74) is -2.42. The highest BCUT2D eigenvalue weighted by Crippen LogP contribution is 2.77. The number of allylic oxidation sites excluding steroid dienone is 2. The molecule has 1 heterocycles. The molecule has 1 aromatic carbocycles. The van der Waals surface area contributed by atoms with Crippen LogP contribution in [0.5, 0.6) is 0 Å². The molecule has 1 saturated heterocycles. The maximum absolute atomic E-state index is 10.2. The van der Waals surface area contributed by atoms with Crippen molar-refractivity contribution in [1.29, 1.82) is 26.3 Å². The number of rotatable bonds is 3. The van der Waals surface area contributed by atoms with E-state index in [-0.39, 0.29) is 11.3 Å². The van der Waals surface area contributed by atoms with Crippen molar-refractivity contribution in [2.75, 3.05) is 13.1 Å². The molecule has 1 saturated carbocycles. The Morgan fingerprint density at radius 2 is 1.44 bits per heavy atom. The first-order valence-electron chi connectivity index (χ1n) is 8.75. The van der Waals surface area contributed by atoms with Crippen molar-refractivity contribution in [3.8, 4) is 30.3 Å². The van der Waals surface area contributed by atoms with E-state index in [0.29, 0.717) is 18.7 Å². The summed E-state index contributed by atoms with van der Waals surface area (Å²) in [6, 6.07) is 19.0. The molecule has 1 aliphatic carbocycles. The summed E-state index contributed by atoms with van der Waals surface area (Å²) in [5, 5.41) is 49.1. The average Bonchev–Trinajstić information content (AvgIpc) is 3.35. The lowest BCUT2D eigenvalue weighted by Crippen LogP contribution is -2.35. The zero-order valence-corrected chi connectivity index (χ0v) is 14.7. The van der Waals surface area contributed by atoms with Crippen LogP contribution < -0.4 is 0 Å². The monoisotopic (exact) mass is 352 g/mol. The summed E-state index contributed by atoms with van der Waals surface area (Å²) in [7, 11) is 0. The molecule has 2 aliphatic rings. The van der Waals surface area contributed by atoms with Crippen LogP contribution in [0.1, 0.15) is 30.7 Å². The van der Waals surface area contributed by atoms with Crippen LogP contribution in [0.25, 0.3) is 0 Å². The van der Waals surface area contributed by atoms with Crippen molar-refractivity contribution < 1.29 is 0 Å². The van der Waals surface area contributed by atoms with Gasteiger partial charge >= 0.3 is 0 Å². The SMILES string of the molecule is N#CC(C#N)=C(N1CCCCC1)[C@]1(C#N)[C@H](c2ccccc2)C1(C#N)C#N. The molecular weight excluding hydrogens is 336 g/mol. The van der Waals surface area contributed by atoms with Gasteiger partial charge in [-0.2, -0.15) is 26.3 Å². The third-order valence-electron chi connectivity index (χ3n) is 5.57. The van der Waals surface area contributed by atoms with E-state index in [2.05, 4.69) is 18.2 Å². The van der Waals surface area contributed by atoms with E-state index >= 15 is 0 Å². The molecule has 1 aliphatic heterocycles. The lowest BCUT2D eigenvalue weighted by molar-refractivity contribution is 0.254. The van der Waals surface area contributed by atoms with Crippen LogP contribution in [0.15, 0.2) is 41.6 Å². The van der Waals surface area contributed by atoms with Gasteiger partial charge in [-0.15, -0.1) is 0 Å². The Bertz CT molecular complexity index is 953. The lowest BCUT2D eigenvalue weighted by Gasteiger charge is -2.34. The van der Waals surface area contributed by atoms with Crippen LogP contribution in [-0.4, -0.2) is 18.0 Å². The second-order valence-corrected chi connectivity index (χ2v) is 6.79. The third-order valence-corrected chi connectivity index (χ3v) is 5.57. The highest BCUT2D eigenvalue weighted by Gasteiger charge is 2.83. The smallest absolute Gasteiger partial charge is 0.177 e. The largest absolute Gasteiger partial charge is 0.372 e. The van der Waals surface area contributed by atoms with E-state index in [0.717, 1.165) is 19.3 Å². The van der Waals surface area contributed by atoms with Gasteiger partial charge in [-0.05, 0) is 24.8 Å². The Morgan fingerprint density at radius 1 is 0.852 bits per heavy atom. The number of nitrogens with zero attached hydrogens (tertiary/aromatic N) is 6. The van der Waals surface area contributed by atoms with Crippen molar-refractivity contribution in [1.82, 2.24) is 4.90 Å². The summed E-state index contributed by atoms with van der Waals surface area (Å²) < 4.78 is 0. The highest BCUT2D eigenvalue weighted by atomic mass is 15.2. The Labute approximate surface area is 158 Å². The fourth-order valence-electron chi connectivity index (χ4n) is 4.33. The predicted molar refractivity (Wildman–Crippen MR) is 94.6 cm³/mol. The van der Waals surface area contributed by atoms with Gasteiger partial charge in [0.25, 0.3) is 0 Å². The Morgan fingerprint density at radius 3 is 1.93 bits per heavy atom. The molecule has 0 bridgehead atoms. The molecule has 0 radical (unpaired) electrons. The van der Waals surface area contributed by atoms with Gasteiger partial charge in [0.1, 0.15) is 17.6 Å². The van der Waals surface area contributed by atoms with Crippen molar-refractivity contribution in [2.45, 2.75) is 25.2 Å². The third kappa shape index (κ3) is 2.34. The molecule has 0 spiro atoms. The van der Waals surface area contributed by atoms with Gasteiger partial charge in [-0.3, -0.25) is 0 Å². The van der Waals surface area contributed by atoms with Crippen molar-refractivity contribution in [3.05, 3.63) is 47.2 Å². The molecule has 6 heteroatoms. The van der Waals surface area contributed by atoms with Gasteiger partial charge < -0.3 is 4.90 Å². The van der Waals surface area contributed by atoms with E-state index in [1.807, 2.05) is 23.1 Å². The van der Waals surface area contributed by atoms with Gasteiger partial charge in [0.2, 0.25) is 0 Å². The highest BCUT2D eigenvalue weighted by molar-refractivity contribution is 5.63. The minimum absolute atomic E-state index is 0.188. The predicted octanol–water partition coefficient (Wildman–Crippen LogP) is 3.11. The fourth-order valence-corrected chi connectivity index (χ4v) is 4.33. The van der Waals surface area contributed by atoms with Crippen molar-refractivity contribution in [3.63, 3.8) is 0 Å². The summed E-state index contributed by atoms with van der Waals surface area (Å²) in [4.78, 5) is 1.86. The molecule has 130 valence electrons. The van der Waals surface area contributed by atoms with Crippen LogP contribution in [-0.2, 0) is 0 Å². The minimum atomic E-state index is -1.63. The first-order valence-corrected chi connectivity index (χ1v) is 8.75. The van der Waals surface area contributed by atoms with Gasteiger partial charge in [0.05, 0.1) is 23.9 Å². The molecular formula is C21H16N6. The maximum atomic E-state index is 10.2. The summed E-state index contributed by atoms with van der Waals surface area (Å²) in [5.74, 6) is -0.708. The minimum Gasteiger partial charge on any atom is -0.372 e. The summed E-state index contributed by atoms with van der Waals surface area (Å²) >= 11 is 0. The zero-order chi connectivity index (χ0) is 19.5. The summed E-state index contributed by atoms with van der Waals surface area (Å²) in [6.07, 6.45) is 2.77. The van der Waals surface area contributed by atoms with E-state index in [1.165, 1.54) is 0 Å². The van der Waals surface area contributed by atoms with Crippen LogP contribution in [0.2, 0.25) is 0 Å². The fraction of sp³-hybridized carbons (Fsp3) is 0.381. The van der Waals surface area contributed by atoms with Crippen LogP contribution in [0.4, 0.5) is 0 Å². The Kier molecular flexibility index (Phi) is 4.57.